The maximum Gasteiger partial charge on any atom is 0.335 e. The number of carboxylic acids is 1. The molecule has 0 atom stereocenters. The topological polar surface area (TPSA) is 49.7 Å². The number of hydrogen-bond donors (Lipinski definition) is 1. The number of nitrogens with zero attached hydrogens (tertiary/aromatic N) is 1. The van der Waals surface area contributed by atoms with Gasteiger partial charge in [-0.15, -0.1) is 0 Å². The summed E-state index contributed by atoms with van der Waals surface area (Å²) in [6, 6.07) is 15.1. The van der Waals surface area contributed by atoms with Gasteiger partial charge in [0.05, 0.1) is 11.3 Å². The normalized spacial score (nSPS) is 11.1. The number of aromatic carboxylic acids is 1. The van der Waals surface area contributed by atoms with Crippen LogP contribution in [0.3, 0.4) is 0 Å². The number of carboxylic acid groups (broad SMARTS) is 1. The molecule has 0 unspecified atom stereocenters. The Balaban J connectivity index is 1.80. The van der Waals surface area contributed by atoms with Gasteiger partial charge in [0.1, 0.15) is 0 Å². The van der Waals surface area contributed by atoms with E-state index in [1.165, 1.54) is 44.1 Å². The van der Waals surface area contributed by atoms with Gasteiger partial charge >= 0.3 is 5.97 Å². The summed E-state index contributed by atoms with van der Waals surface area (Å²) in [5.41, 5.74) is 3.45. The maximum atomic E-state index is 10.8. The molecule has 0 saturated heterocycles. The molecular weight excluding hydrogens is 310 g/mol. The van der Waals surface area contributed by atoms with Gasteiger partial charge < -0.3 is 5.11 Å². The Morgan fingerprint density at radius 2 is 1.56 bits per heavy atom. The second kappa shape index (κ2) is 10.4. The van der Waals surface area contributed by atoms with Crippen molar-refractivity contribution in [3.8, 4) is 0 Å². The number of aryl methyl sites for hydroxylation is 1. The first-order valence-electron chi connectivity index (χ1n) is 9.15. The highest BCUT2D eigenvalue weighted by Crippen LogP contribution is 2.16. The van der Waals surface area contributed by atoms with Gasteiger partial charge in [0.2, 0.25) is 0 Å². The predicted molar refractivity (Wildman–Crippen MR) is 104 cm³/mol. The first-order chi connectivity index (χ1) is 12.2. The number of aliphatic imine (C=N–C) groups is 1. The monoisotopic (exact) mass is 337 g/mol. The highest BCUT2D eigenvalue weighted by atomic mass is 16.4. The fourth-order valence-electron chi connectivity index (χ4n) is 2.72. The standard InChI is InChI=1S/C22H27NO2/c1-2-3-4-5-6-7-8-18-11-15-21(16-12-18)23-17-19-9-13-20(14-10-19)22(24)25/h9-17H,2-8H2,1H3,(H,24,25). The van der Waals surface area contributed by atoms with Crippen molar-refractivity contribution in [2.75, 3.05) is 0 Å². The zero-order valence-corrected chi connectivity index (χ0v) is 14.9. The quantitative estimate of drug-likeness (QED) is 0.424. The molecule has 2 aromatic rings. The van der Waals surface area contributed by atoms with Gasteiger partial charge in [0.15, 0.2) is 0 Å². The van der Waals surface area contributed by atoms with Crippen LogP contribution in [0.15, 0.2) is 53.5 Å². The lowest BCUT2D eigenvalue weighted by Gasteiger charge is -2.03. The van der Waals surface area contributed by atoms with Gasteiger partial charge in [-0.2, -0.15) is 0 Å². The van der Waals surface area contributed by atoms with Gasteiger partial charge in [0, 0.05) is 6.21 Å². The van der Waals surface area contributed by atoms with E-state index in [2.05, 4.69) is 24.0 Å². The fourth-order valence-corrected chi connectivity index (χ4v) is 2.72. The minimum atomic E-state index is -0.913. The molecule has 0 aliphatic rings. The third-order valence-electron chi connectivity index (χ3n) is 4.28. The van der Waals surface area contributed by atoms with E-state index < -0.39 is 5.97 Å². The van der Waals surface area contributed by atoms with Gasteiger partial charge in [-0.1, -0.05) is 63.3 Å². The highest BCUT2D eigenvalue weighted by Gasteiger charge is 2.00. The van der Waals surface area contributed by atoms with Crippen molar-refractivity contribution in [1.82, 2.24) is 0 Å². The summed E-state index contributed by atoms with van der Waals surface area (Å²) in [4.78, 5) is 15.3. The maximum absolute atomic E-state index is 10.8. The molecule has 0 radical (unpaired) electrons. The second-order valence-corrected chi connectivity index (χ2v) is 6.37. The molecule has 0 aromatic heterocycles. The zero-order valence-electron chi connectivity index (χ0n) is 14.9. The van der Waals surface area contributed by atoms with Crippen LogP contribution in [0.2, 0.25) is 0 Å². The molecule has 132 valence electrons. The van der Waals surface area contributed by atoms with E-state index in [-0.39, 0.29) is 5.56 Å². The highest BCUT2D eigenvalue weighted by molar-refractivity contribution is 5.89. The first-order valence-corrected chi connectivity index (χ1v) is 9.15. The van der Waals surface area contributed by atoms with Crippen LogP contribution in [0.4, 0.5) is 5.69 Å². The van der Waals surface area contributed by atoms with E-state index in [1.807, 2.05) is 12.1 Å². The number of carbonyl (C=O) groups is 1. The third-order valence-corrected chi connectivity index (χ3v) is 4.28. The van der Waals surface area contributed by atoms with E-state index in [0.29, 0.717) is 0 Å². The molecule has 1 N–H and O–H groups in total. The molecule has 2 aromatic carbocycles. The molecule has 0 heterocycles. The van der Waals surface area contributed by atoms with Crippen molar-refractivity contribution < 1.29 is 9.90 Å². The SMILES string of the molecule is CCCCCCCCc1ccc(N=Cc2ccc(C(=O)O)cc2)cc1. The average Bonchev–Trinajstić information content (AvgIpc) is 2.64. The minimum absolute atomic E-state index is 0.288. The Kier molecular flexibility index (Phi) is 7.90. The van der Waals surface area contributed by atoms with Crippen LogP contribution in [0.5, 0.6) is 0 Å². The Hall–Kier alpha value is -2.42. The van der Waals surface area contributed by atoms with Crippen LogP contribution < -0.4 is 0 Å². The zero-order chi connectivity index (χ0) is 17.9. The minimum Gasteiger partial charge on any atom is -0.478 e. The van der Waals surface area contributed by atoms with Crippen molar-refractivity contribution in [1.29, 1.82) is 0 Å². The van der Waals surface area contributed by atoms with Crippen molar-refractivity contribution >= 4 is 17.9 Å². The van der Waals surface area contributed by atoms with Gasteiger partial charge in [0.25, 0.3) is 0 Å². The van der Waals surface area contributed by atoms with Crippen LogP contribution in [0.25, 0.3) is 0 Å². The second-order valence-electron chi connectivity index (χ2n) is 6.37. The lowest BCUT2D eigenvalue weighted by atomic mass is 10.0. The van der Waals surface area contributed by atoms with Gasteiger partial charge in [-0.25, -0.2) is 4.79 Å². The van der Waals surface area contributed by atoms with Crippen molar-refractivity contribution in [3.05, 3.63) is 65.2 Å². The molecule has 25 heavy (non-hydrogen) atoms. The van der Waals surface area contributed by atoms with Crippen LogP contribution in [-0.4, -0.2) is 17.3 Å². The van der Waals surface area contributed by atoms with Crippen molar-refractivity contribution in [2.45, 2.75) is 51.9 Å². The Morgan fingerprint density at radius 3 is 2.20 bits per heavy atom. The molecular formula is C22H27NO2. The Bertz CT molecular complexity index is 672. The lowest BCUT2D eigenvalue weighted by molar-refractivity contribution is 0.0697. The molecule has 3 heteroatoms. The summed E-state index contributed by atoms with van der Waals surface area (Å²) in [5.74, 6) is -0.913. The van der Waals surface area contributed by atoms with Gasteiger partial charge in [-0.05, 0) is 48.2 Å². The lowest BCUT2D eigenvalue weighted by Crippen LogP contribution is -1.95. The number of hydrogen-bond acceptors (Lipinski definition) is 2. The molecule has 0 aliphatic heterocycles. The smallest absolute Gasteiger partial charge is 0.335 e. The van der Waals surface area contributed by atoms with Crippen LogP contribution in [-0.2, 0) is 6.42 Å². The van der Waals surface area contributed by atoms with Crippen LogP contribution in [0.1, 0.15) is 66.9 Å². The molecule has 3 nitrogen and oxygen atoms in total. The van der Waals surface area contributed by atoms with E-state index in [1.54, 1.807) is 30.5 Å². The average molecular weight is 337 g/mol. The third kappa shape index (κ3) is 6.92. The van der Waals surface area contributed by atoms with Gasteiger partial charge in [-0.3, -0.25) is 4.99 Å². The molecule has 2 rings (SSSR count). The summed E-state index contributed by atoms with van der Waals surface area (Å²) < 4.78 is 0. The van der Waals surface area contributed by atoms with Crippen LogP contribution >= 0.6 is 0 Å². The molecule has 0 fully saturated rings. The Morgan fingerprint density at radius 1 is 0.920 bits per heavy atom. The van der Waals surface area contributed by atoms with E-state index in [9.17, 15) is 4.79 Å². The summed E-state index contributed by atoms with van der Waals surface area (Å²) in [6.07, 6.45) is 10.8. The molecule has 0 saturated carbocycles. The molecule has 0 aliphatic carbocycles. The molecule has 0 amide bonds. The largest absolute Gasteiger partial charge is 0.478 e. The van der Waals surface area contributed by atoms with E-state index >= 15 is 0 Å². The summed E-state index contributed by atoms with van der Waals surface area (Å²) in [6.45, 7) is 2.25. The Labute approximate surface area is 150 Å². The molecule has 0 spiro atoms. The fraction of sp³-hybridized carbons (Fsp3) is 0.364. The van der Waals surface area contributed by atoms with E-state index in [0.717, 1.165) is 17.7 Å². The predicted octanol–water partition coefficient (Wildman–Crippen LogP) is 6.04. The number of unbranched alkanes of at least 4 members (excludes halogenated alkanes) is 5. The summed E-state index contributed by atoms with van der Waals surface area (Å²) >= 11 is 0. The van der Waals surface area contributed by atoms with Crippen molar-refractivity contribution in [3.63, 3.8) is 0 Å². The summed E-state index contributed by atoms with van der Waals surface area (Å²) in [5, 5.41) is 8.89. The first kappa shape index (κ1) is 18.9. The van der Waals surface area contributed by atoms with Crippen LogP contribution in [0, 0.1) is 0 Å². The summed E-state index contributed by atoms with van der Waals surface area (Å²) in [7, 11) is 0. The molecule has 0 bridgehead atoms. The number of benzene rings is 2. The van der Waals surface area contributed by atoms with E-state index in [4.69, 9.17) is 5.11 Å². The van der Waals surface area contributed by atoms with Crippen molar-refractivity contribution in [2.24, 2.45) is 4.99 Å². The number of rotatable bonds is 10.